The monoisotopic (exact) mass is 354 g/mol. The van der Waals surface area contributed by atoms with Crippen LogP contribution >= 0.6 is 0 Å². The third-order valence-corrected chi connectivity index (χ3v) is 4.26. The van der Waals surface area contributed by atoms with Gasteiger partial charge in [-0.15, -0.1) is 0 Å². The molecule has 0 fully saturated rings. The van der Waals surface area contributed by atoms with Crippen molar-refractivity contribution < 1.29 is 19.1 Å². The largest absolute Gasteiger partial charge is 0.469 e. The summed E-state index contributed by atoms with van der Waals surface area (Å²) in [6.45, 7) is 3.69. The van der Waals surface area contributed by atoms with E-state index in [2.05, 4.69) is 23.8 Å². The molecule has 0 aliphatic carbocycles. The summed E-state index contributed by atoms with van der Waals surface area (Å²) in [5.74, 6) is -0.291. The molecule has 0 spiro atoms. The number of unbranched alkanes of at least 4 members (excludes halogenated alkanes) is 8. The minimum atomic E-state index is -0.180. The van der Waals surface area contributed by atoms with E-state index in [1.54, 1.807) is 0 Å². The Morgan fingerprint density at radius 3 is 2.28 bits per heavy atom. The molecule has 0 aliphatic rings. The molecule has 0 aliphatic heterocycles. The van der Waals surface area contributed by atoms with Gasteiger partial charge in [0.25, 0.3) is 0 Å². The Morgan fingerprint density at radius 1 is 0.920 bits per heavy atom. The quantitative estimate of drug-likeness (QED) is 0.201. The molecule has 25 heavy (non-hydrogen) atoms. The van der Waals surface area contributed by atoms with E-state index in [1.807, 2.05) is 0 Å². The van der Waals surface area contributed by atoms with Crippen molar-refractivity contribution in [1.82, 2.24) is 0 Å². The lowest BCUT2D eigenvalue weighted by molar-refractivity contribution is -0.146. The number of hydrogen-bond donors (Lipinski definition) is 0. The molecule has 0 saturated carbocycles. The van der Waals surface area contributed by atoms with E-state index >= 15 is 0 Å². The summed E-state index contributed by atoms with van der Waals surface area (Å²) in [6.07, 6.45) is 18.1. The summed E-state index contributed by atoms with van der Waals surface area (Å²) >= 11 is 0. The minimum absolute atomic E-state index is 0.0314. The maximum Gasteiger partial charge on any atom is 0.305 e. The lowest BCUT2D eigenvalue weighted by Gasteiger charge is -2.15. The SMILES string of the molecule is CCCCCC[C@@H](C/C=C\CCCCCCCC(=O)OC)OC(C)=O. The van der Waals surface area contributed by atoms with Gasteiger partial charge < -0.3 is 9.47 Å². The first-order chi connectivity index (χ1) is 12.1. The lowest BCUT2D eigenvalue weighted by atomic mass is 10.1. The van der Waals surface area contributed by atoms with Gasteiger partial charge in [0.05, 0.1) is 7.11 Å². The van der Waals surface area contributed by atoms with Crippen LogP contribution in [-0.4, -0.2) is 25.2 Å². The van der Waals surface area contributed by atoms with E-state index < -0.39 is 0 Å². The second-order valence-electron chi connectivity index (χ2n) is 6.67. The summed E-state index contributed by atoms with van der Waals surface area (Å²) in [5.41, 5.74) is 0. The van der Waals surface area contributed by atoms with Crippen LogP contribution in [0.3, 0.4) is 0 Å². The molecule has 0 aromatic rings. The van der Waals surface area contributed by atoms with Gasteiger partial charge >= 0.3 is 11.9 Å². The Bertz CT molecular complexity index is 363. The van der Waals surface area contributed by atoms with Crippen LogP contribution in [0, 0.1) is 0 Å². The molecule has 0 rings (SSSR count). The highest BCUT2D eigenvalue weighted by atomic mass is 16.5. The highest BCUT2D eigenvalue weighted by Gasteiger charge is 2.09. The summed E-state index contributed by atoms with van der Waals surface area (Å²) < 4.78 is 10.0. The predicted octanol–water partition coefficient (Wildman–Crippen LogP) is 5.74. The second kappa shape index (κ2) is 17.5. The van der Waals surface area contributed by atoms with Gasteiger partial charge in [-0.05, 0) is 32.1 Å². The predicted molar refractivity (Wildman–Crippen MR) is 102 cm³/mol. The van der Waals surface area contributed by atoms with Crippen LogP contribution in [-0.2, 0) is 19.1 Å². The Kier molecular flexibility index (Phi) is 16.6. The van der Waals surface area contributed by atoms with E-state index in [9.17, 15) is 9.59 Å². The number of rotatable bonds is 16. The fraction of sp³-hybridized carbons (Fsp3) is 0.810. The van der Waals surface area contributed by atoms with Crippen molar-refractivity contribution in [1.29, 1.82) is 0 Å². The van der Waals surface area contributed by atoms with E-state index in [4.69, 9.17) is 4.74 Å². The first-order valence-corrected chi connectivity index (χ1v) is 9.99. The maximum atomic E-state index is 11.2. The number of hydrogen-bond acceptors (Lipinski definition) is 4. The molecule has 0 unspecified atom stereocenters. The van der Waals surface area contributed by atoms with Gasteiger partial charge in [0.2, 0.25) is 0 Å². The zero-order valence-corrected chi connectivity index (χ0v) is 16.6. The van der Waals surface area contributed by atoms with Gasteiger partial charge in [-0.1, -0.05) is 57.6 Å². The maximum absolute atomic E-state index is 11.2. The van der Waals surface area contributed by atoms with Crippen molar-refractivity contribution in [2.75, 3.05) is 7.11 Å². The third kappa shape index (κ3) is 17.3. The molecule has 0 heterocycles. The molecule has 0 radical (unpaired) electrons. The molecule has 0 bridgehead atoms. The van der Waals surface area contributed by atoms with Crippen molar-refractivity contribution in [3.63, 3.8) is 0 Å². The fourth-order valence-corrected chi connectivity index (χ4v) is 2.79. The summed E-state index contributed by atoms with van der Waals surface area (Å²) in [5, 5.41) is 0. The third-order valence-electron chi connectivity index (χ3n) is 4.26. The van der Waals surface area contributed by atoms with Crippen LogP contribution in [0.15, 0.2) is 12.2 Å². The molecule has 0 N–H and O–H groups in total. The van der Waals surface area contributed by atoms with Crippen molar-refractivity contribution in [3.05, 3.63) is 12.2 Å². The summed E-state index contributed by atoms with van der Waals surface area (Å²) in [6, 6.07) is 0. The first-order valence-electron chi connectivity index (χ1n) is 9.99. The molecular weight excluding hydrogens is 316 g/mol. The number of ether oxygens (including phenoxy) is 2. The molecule has 4 heteroatoms. The van der Waals surface area contributed by atoms with E-state index in [-0.39, 0.29) is 18.0 Å². The molecule has 1 atom stereocenters. The van der Waals surface area contributed by atoms with Crippen LogP contribution in [0.4, 0.5) is 0 Å². The fourth-order valence-electron chi connectivity index (χ4n) is 2.79. The zero-order chi connectivity index (χ0) is 18.8. The number of methoxy groups -OCH3 is 1. The van der Waals surface area contributed by atoms with Crippen molar-refractivity contribution in [3.8, 4) is 0 Å². The summed E-state index contributed by atoms with van der Waals surface area (Å²) in [7, 11) is 1.44. The topological polar surface area (TPSA) is 52.6 Å². The molecule has 0 saturated heterocycles. The van der Waals surface area contributed by atoms with E-state index in [0.29, 0.717) is 6.42 Å². The molecule has 0 amide bonds. The van der Waals surface area contributed by atoms with Crippen molar-refractivity contribution in [2.24, 2.45) is 0 Å². The smallest absolute Gasteiger partial charge is 0.305 e. The Balaban J connectivity index is 3.68. The van der Waals surface area contributed by atoms with E-state index in [0.717, 1.165) is 38.5 Å². The molecular formula is C21H38O4. The van der Waals surface area contributed by atoms with Crippen LogP contribution in [0.1, 0.15) is 97.3 Å². The number of carbonyl (C=O) groups excluding carboxylic acids is 2. The standard InChI is InChI=1S/C21H38O4/c1-4-5-6-13-16-20(25-19(2)22)17-14-11-9-7-8-10-12-15-18-21(23)24-3/h11,14,20H,4-10,12-13,15-18H2,1-3H3/b14-11-/t20-/m0/s1. The van der Waals surface area contributed by atoms with Crippen LogP contribution in [0.5, 0.6) is 0 Å². The van der Waals surface area contributed by atoms with Crippen LogP contribution < -0.4 is 0 Å². The normalized spacial score (nSPS) is 12.3. The average Bonchev–Trinajstić information content (AvgIpc) is 2.59. The van der Waals surface area contributed by atoms with Gasteiger partial charge in [0.15, 0.2) is 0 Å². The lowest BCUT2D eigenvalue weighted by Crippen LogP contribution is -2.15. The van der Waals surface area contributed by atoms with Gasteiger partial charge in [0, 0.05) is 19.8 Å². The Hall–Kier alpha value is -1.32. The average molecular weight is 355 g/mol. The molecule has 0 aromatic heterocycles. The van der Waals surface area contributed by atoms with Crippen molar-refractivity contribution >= 4 is 11.9 Å². The van der Waals surface area contributed by atoms with Gasteiger partial charge in [-0.3, -0.25) is 9.59 Å². The van der Waals surface area contributed by atoms with Gasteiger partial charge in [0.1, 0.15) is 6.10 Å². The van der Waals surface area contributed by atoms with Crippen LogP contribution in [0.25, 0.3) is 0 Å². The van der Waals surface area contributed by atoms with Gasteiger partial charge in [-0.25, -0.2) is 0 Å². The highest BCUT2D eigenvalue weighted by molar-refractivity contribution is 5.68. The second-order valence-corrected chi connectivity index (χ2v) is 6.67. The van der Waals surface area contributed by atoms with Crippen molar-refractivity contribution in [2.45, 2.75) is 103 Å². The molecule has 146 valence electrons. The van der Waals surface area contributed by atoms with E-state index in [1.165, 1.54) is 52.6 Å². The summed E-state index contributed by atoms with van der Waals surface area (Å²) in [4.78, 5) is 22.2. The molecule has 0 aromatic carbocycles. The Labute approximate surface area is 154 Å². The van der Waals surface area contributed by atoms with Gasteiger partial charge in [-0.2, -0.15) is 0 Å². The van der Waals surface area contributed by atoms with Crippen LogP contribution in [0.2, 0.25) is 0 Å². The number of carbonyl (C=O) groups is 2. The first kappa shape index (κ1) is 23.7. The number of esters is 2. The zero-order valence-electron chi connectivity index (χ0n) is 16.6. The Morgan fingerprint density at radius 2 is 1.60 bits per heavy atom. The minimum Gasteiger partial charge on any atom is -0.469 e. The highest BCUT2D eigenvalue weighted by Crippen LogP contribution is 2.13. The number of allylic oxidation sites excluding steroid dienone is 1. The molecule has 4 nitrogen and oxygen atoms in total.